The molecule has 1 rings (SSSR count). The molecule has 2 heteroatoms. The maximum Gasteiger partial charge on any atom is 0.142 e. The number of rotatable bonds is 6. The highest BCUT2D eigenvalue weighted by molar-refractivity contribution is 5.56. The van der Waals surface area contributed by atoms with Crippen molar-refractivity contribution in [1.82, 2.24) is 0 Å². The number of hydrogen-bond donors (Lipinski definition) is 1. The van der Waals surface area contributed by atoms with Gasteiger partial charge in [0.05, 0.1) is 12.3 Å². The second kappa shape index (κ2) is 6.12. The lowest BCUT2D eigenvalue weighted by atomic mass is 10.2. The van der Waals surface area contributed by atoms with Crippen molar-refractivity contribution in [3.05, 3.63) is 36.4 Å². The van der Waals surface area contributed by atoms with E-state index in [-0.39, 0.29) is 0 Å². The predicted octanol–water partition coefficient (Wildman–Crippen LogP) is 3.46. The van der Waals surface area contributed by atoms with Gasteiger partial charge in [-0.15, -0.1) is 6.58 Å². The van der Waals surface area contributed by atoms with E-state index in [1.807, 2.05) is 38.1 Å². The summed E-state index contributed by atoms with van der Waals surface area (Å²) in [6, 6.07) is 8.00. The lowest BCUT2D eigenvalue weighted by molar-refractivity contribution is 0.341. The average Bonchev–Trinajstić information content (AvgIpc) is 2.20. The van der Waals surface area contributed by atoms with Crippen molar-refractivity contribution in [3.8, 4) is 5.75 Å². The largest absolute Gasteiger partial charge is 0.492 e. The molecular formula is C13H19NO. The second-order valence-corrected chi connectivity index (χ2v) is 3.56. The minimum absolute atomic E-state index is 0.694. The summed E-state index contributed by atoms with van der Waals surface area (Å²) in [7, 11) is 0. The van der Waals surface area contributed by atoms with Gasteiger partial charge in [-0.25, -0.2) is 0 Å². The van der Waals surface area contributed by atoms with E-state index in [0.29, 0.717) is 6.61 Å². The van der Waals surface area contributed by atoms with Gasteiger partial charge >= 0.3 is 0 Å². The van der Waals surface area contributed by atoms with Crippen LogP contribution < -0.4 is 10.1 Å². The van der Waals surface area contributed by atoms with Crippen LogP contribution in [0.5, 0.6) is 5.75 Å². The first kappa shape index (κ1) is 11.6. The fraction of sp³-hybridized carbons (Fsp3) is 0.385. The van der Waals surface area contributed by atoms with Crippen molar-refractivity contribution >= 4 is 5.69 Å². The maximum absolute atomic E-state index is 5.51. The van der Waals surface area contributed by atoms with Gasteiger partial charge in [0.1, 0.15) is 5.75 Å². The Morgan fingerprint density at radius 2 is 2.13 bits per heavy atom. The zero-order valence-electron chi connectivity index (χ0n) is 9.55. The quantitative estimate of drug-likeness (QED) is 0.718. The first-order valence-corrected chi connectivity index (χ1v) is 5.34. The van der Waals surface area contributed by atoms with Crippen molar-refractivity contribution in [1.29, 1.82) is 0 Å². The highest BCUT2D eigenvalue weighted by Crippen LogP contribution is 2.23. The molecule has 0 spiro atoms. The van der Waals surface area contributed by atoms with E-state index in [4.69, 9.17) is 4.74 Å². The molecule has 0 unspecified atom stereocenters. The van der Waals surface area contributed by atoms with Gasteiger partial charge in [0.15, 0.2) is 0 Å². The molecule has 0 amide bonds. The first-order valence-electron chi connectivity index (χ1n) is 5.34. The van der Waals surface area contributed by atoms with Crippen LogP contribution in [0.2, 0.25) is 0 Å². The number of benzene rings is 1. The summed E-state index contributed by atoms with van der Waals surface area (Å²) < 4.78 is 5.51. The molecule has 0 radical (unpaired) electrons. The van der Waals surface area contributed by atoms with Crippen LogP contribution in [0.4, 0.5) is 5.69 Å². The van der Waals surface area contributed by atoms with Crippen LogP contribution in [-0.2, 0) is 0 Å². The third kappa shape index (κ3) is 4.07. The third-order valence-electron chi connectivity index (χ3n) is 2.05. The fourth-order valence-corrected chi connectivity index (χ4v) is 1.30. The van der Waals surface area contributed by atoms with Gasteiger partial charge in [0.25, 0.3) is 0 Å². The number of ether oxygens (including phenoxy) is 1. The molecule has 15 heavy (non-hydrogen) atoms. The Labute approximate surface area is 92.0 Å². The van der Waals surface area contributed by atoms with Gasteiger partial charge in [-0.2, -0.15) is 0 Å². The van der Waals surface area contributed by atoms with Crippen LogP contribution in [0.25, 0.3) is 0 Å². The monoisotopic (exact) mass is 205 g/mol. The predicted molar refractivity (Wildman–Crippen MR) is 65.5 cm³/mol. The minimum Gasteiger partial charge on any atom is -0.492 e. The smallest absolute Gasteiger partial charge is 0.142 e. The van der Waals surface area contributed by atoms with Gasteiger partial charge in [-0.3, -0.25) is 0 Å². The van der Waals surface area contributed by atoms with E-state index in [0.717, 1.165) is 24.4 Å². The van der Waals surface area contributed by atoms with Gasteiger partial charge in [-0.05, 0) is 32.4 Å². The lowest BCUT2D eigenvalue weighted by Gasteiger charge is -2.11. The van der Waals surface area contributed by atoms with Crippen molar-refractivity contribution in [2.45, 2.75) is 20.3 Å². The summed E-state index contributed by atoms with van der Waals surface area (Å²) in [5, 5.41) is 3.34. The van der Waals surface area contributed by atoms with Crippen LogP contribution in [0, 0.1) is 0 Å². The van der Waals surface area contributed by atoms with Crippen LogP contribution in [0.15, 0.2) is 36.4 Å². The van der Waals surface area contributed by atoms with Crippen molar-refractivity contribution in [3.63, 3.8) is 0 Å². The summed E-state index contributed by atoms with van der Waals surface area (Å²) in [5.74, 6) is 0.918. The Hall–Kier alpha value is -1.44. The molecule has 0 saturated heterocycles. The van der Waals surface area contributed by atoms with Gasteiger partial charge in [0, 0.05) is 6.54 Å². The average molecular weight is 205 g/mol. The van der Waals surface area contributed by atoms with Crippen molar-refractivity contribution in [2.75, 3.05) is 18.5 Å². The van der Waals surface area contributed by atoms with E-state index >= 15 is 0 Å². The van der Waals surface area contributed by atoms with Crippen molar-refractivity contribution in [2.24, 2.45) is 0 Å². The normalized spacial score (nSPS) is 9.73. The van der Waals surface area contributed by atoms with Gasteiger partial charge < -0.3 is 10.1 Å². The Balaban J connectivity index is 2.55. The zero-order chi connectivity index (χ0) is 11.1. The maximum atomic E-state index is 5.51. The van der Waals surface area contributed by atoms with Crippen LogP contribution >= 0.6 is 0 Å². The SMILES string of the molecule is C=C(C)CCNc1ccccc1OCC. The van der Waals surface area contributed by atoms with E-state index in [2.05, 4.69) is 11.9 Å². The molecule has 0 atom stereocenters. The summed E-state index contributed by atoms with van der Waals surface area (Å²) in [6.45, 7) is 9.50. The Bertz CT molecular complexity index is 320. The lowest BCUT2D eigenvalue weighted by Crippen LogP contribution is -2.04. The summed E-state index contributed by atoms with van der Waals surface area (Å²) in [6.07, 6.45) is 0.987. The van der Waals surface area contributed by atoms with Crippen LogP contribution in [0.1, 0.15) is 20.3 Å². The van der Waals surface area contributed by atoms with Crippen LogP contribution in [-0.4, -0.2) is 13.2 Å². The molecule has 0 aliphatic carbocycles. The number of para-hydroxylation sites is 2. The van der Waals surface area contributed by atoms with E-state index in [9.17, 15) is 0 Å². The van der Waals surface area contributed by atoms with Crippen LogP contribution in [0.3, 0.4) is 0 Å². The van der Waals surface area contributed by atoms with E-state index < -0.39 is 0 Å². The molecule has 0 fully saturated rings. The molecule has 1 aromatic rings. The number of hydrogen-bond acceptors (Lipinski definition) is 2. The van der Waals surface area contributed by atoms with Gasteiger partial charge in [-0.1, -0.05) is 17.7 Å². The Morgan fingerprint density at radius 3 is 2.80 bits per heavy atom. The topological polar surface area (TPSA) is 21.3 Å². The number of nitrogens with one attached hydrogen (secondary N) is 1. The summed E-state index contributed by atoms with van der Waals surface area (Å²) >= 11 is 0. The molecule has 0 heterocycles. The fourth-order valence-electron chi connectivity index (χ4n) is 1.30. The summed E-state index contributed by atoms with van der Waals surface area (Å²) in [4.78, 5) is 0. The molecule has 2 nitrogen and oxygen atoms in total. The molecule has 0 bridgehead atoms. The number of anilines is 1. The zero-order valence-corrected chi connectivity index (χ0v) is 9.55. The standard InChI is InChI=1S/C13H19NO/c1-4-15-13-8-6-5-7-12(13)14-10-9-11(2)3/h5-8,14H,2,4,9-10H2,1,3H3. The molecule has 1 N–H and O–H groups in total. The third-order valence-corrected chi connectivity index (χ3v) is 2.05. The molecule has 82 valence electrons. The van der Waals surface area contributed by atoms with E-state index in [1.165, 1.54) is 5.57 Å². The Morgan fingerprint density at radius 1 is 1.40 bits per heavy atom. The second-order valence-electron chi connectivity index (χ2n) is 3.56. The van der Waals surface area contributed by atoms with Crippen molar-refractivity contribution < 1.29 is 4.74 Å². The molecule has 0 saturated carbocycles. The molecule has 0 aliphatic heterocycles. The van der Waals surface area contributed by atoms with Gasteiger partial charge in [0.2, 0.25) is 0 Å². The van der Waals surface area contributed by atoms with E-state index in [1.54, 1.807) is 0 Å². The highest BCUT2D eigenvalue weighted by atomic mass is 16.5. The molecule has 0 aromatic heterocycles. The minimum atomic E-state index is 0.694. The summed E-state index contributed by atoms with van der Waals surface area (Å²) in [5.41, 5.74) is 2.25. The molecule has 0 aliphatic rings. The molecule has 1 aromatic carbocycles. The highest BCUT2D eigenvalue weighted by Gasteiger charge is 2.00. The molecular weight excluding hydrogens is 186 g/mol. The Kier molecular flexibility index (Phi) is 4.75. The first-order chi connectivity index (χ1) is 7.24.